The summed E-state index contributed by atoms with van der Waals surface area (Å²) in [6.07, 6.45) is 8.93. The van der Waals surface area contributed by atoms with Gasteiger partial charge in [0.2, 0.25) is 0 Å². The lowest BCUT2D eigenvalue weighted by atomic mass is 9.93. The number of rotatable bonds is 2. The van der Waals surface area contributed by atoms with Crippen molar-refractivity contribution in [2.24, 2.45) is 0 Å². The first-order chi connectivity index (χ1) is 6.86. The predicted molar refractivity (Wildman–Crippen MR) is 53.9 cm³/mol. The number of aliphatic hydroxyl groups excluding tert-OH is 1. The van der Waals surface area contributed by atoms with Crippen molar-refractivity contribution in [2.75, 3.05) is 5.32 Å². The summed E-state index contributed by atoms with van der Waals surface area (Å²) < 4.78 is 0. The maximum absolute atomic E-state index is 9.72. The molecule has 1 fully saturated rings. The van der Waals surface area contributed by atoms with Gasteiger partial charge in [0, 0.05) is 12.4 Å². The zero-order valence-electron chi connectivity index (χ0n) is 8.06. The molecule has 0 amide bonds. The fourth-order valence-electron chi connectivity index (χ4n) is 1.84. The van der Waals surface area contributed by atoms with Gasteiger partial charge in [0.25, 0.3) is 0 Å². The van der Waals surface area contributed by atoms with E-state index in [-0.39, 0.29) is 12.1 Å². The molecule has 2 N–H and O–H groups in total. The molecule has 0 saturated heterocycles. The lowest BCUT2D eigenvalue weighted by Crippen LogP contribution is -2.36. The molecule has 1 aromatic heterocycles. The summed E-state index contributed by atoms with van der Waals surface area (Å²) in [5.74, 6) is 0.749. The molecule has 0 radical (unpaired) electrons. The van der Waals surface area contributed by atoms with Crippen LogP contribution in [0.3, 0.4) is 0 Å². The number of nitrogens with one attached hydrogen (secondary N) is 1. The second kappa shape index (κ2) is 4.37. The molecule has 4 heteroatoms. The number of aliphatic hydroxyl groups is 1. The van der Waals surface area contributed by atoms with E-state index < -0.39 is 0 Å². The monoisotopic (exact) mass is 193 g/mol. The summed E-state index contributed by atoms with van der Waals surface area (Å²) >= 11 is 0. The predicted octanol–water partition coefficient (Wildman–Crippen LogP) is 1.19. The van der Waals surface area contributed by atoms with E-state index in [9.17, 15) is 5.11 Å². The summed E-state index contributed by atoms with van der Waals surface area (Å²) in [5, 5.41) is 12.9. The van der Waals surface area contributed by atoms with E-state index in [1.54, 1.807) is 18.6 Å². The Morgan fingerprint density at radius 3 is 2.86 bits per heavy atom. The van der Waals surface area contributed by atoms with Gasteiger partial charge in [-0.25, -0.2) is 4.98 Å². The van der Waals surface area contributed by atoms with Crippen LogP contribution >= 0.6 is 0 Å². The van der Waals surface area contributed by atoms with Crippen molar-refractivity contribution in [3.63, 3.8) is 0 Å². The van der Waals surface area contributed by atoms with Crippen LogP contribution in [0.1, 0.15) is 25.7 Å². The van der Waals surface area contributed by atoms with Gasteiger partial charge in [-0.05, 0) is 12.8 Å². The zero-order valence-corrected chi connectivity index (χ0v) is 8.06. The van der Waals surface area contributed by atoms with Gasteiger partial charge in [0.15, 0.2) is 0 Å². The number of aromatic nitrogens is 2. The van der Waals surface area contributed by atoms with E-state index in [2.05, 4.69) is 15.3 Å². The molecule has 1 saturated carbocycles. The average Bonchev–Trinajstić information content (AvgIpc) is 2.23. The third-order valence-electron chi connectivity index (χ3n) is 2.63. The molecule has 14 heavy (non-hydrogen) atoms. The first-order valence-corrected chi connectivity index (χ1v) is 5.07. The highest BCUT2D eigenvalue weighted by atomic mass is 16.3. The van der Waals surface area contributed by atoms with Crippen LogP contribution in [0.15, 0.2) is 18.6 Å². The SMILES string of the molecule is OC1CCCCC1Nc1cnccn1. The van der Waals surface area contributed by atoms with Crippen molar-refractivity contribution in [1.82, 2.24) is 9.97 Å². The van der Waals surface area contributed by atoms with Crippen molar-refractivity contribution < 1.29 is 5.11 Å². The van der Waals surface area contributed by atoms with Crippen LogP contribution < -0.4 is 5.32 Å². The van der Waals surface area contributed by atoms with Crippen LogP contribution in [0.4, 0.5) is 5.82 Å². The lowest BCUT2D eigenvalue weighted by Gasteiger charge is -2.28. The van der Waals surface area contributed by atoms with E-state index in [0.717, 1.165) is 25.1 Å². The van der Waals surface area contributed by atoms with Crippen molar-refractivity contribution >= 4 is 5.82 Å². The first-order valence-electron chi connectivity index (χ1n) is 5.07. The first kappa shape index (κ1) is 9.40. The van der Waals surface area contributed by atoms with E-state index >= 15 is 0 Å². The molecular weight excluding hydrogens is 178 g/mol. The molecule has 0 aliphatic heterocycles. The quantitative estimate of drug-likeness (QED) is 0.740. The van der Waals surface area contributed by atoms with Crippen LogP contribution in [-0.4, -0.2) is 27.2 Å². The minimum atomic E-state index is -0.245. The number of anilines is 1. The highest BCUT2D eigenvalue weighted by Gasteiger charge is 2.22. The standard InChI is InChI=1S/C10H15N3O/c14-9-4-2-1-3-8(9)13-10-7-11-5-6-12-10/h5-9,14H,1-4H2,(H,12,13). The second-order valence-corrected chi connectivity index (χ2v) is 3.69. The van der Waals surface area contributed by atoms with E-state index in [0.29, 0.717) is 0 Å². The van der Waals surface area contributed by atoms with Gasteiger partial charge in [-0.3, -0.25) is 4.98 Å². The van der Waals surface area contributed by atoms with E-state index in [1.165, 1.54) is 6.42 Å². The molecule has 0 aromatic carbocycles. The average molecular weight is 193 g/mol. The molecule has 4 nitrogen and oxygen atoms in total. The summed E-state index contributed by atoms with van der Waals surface area (Å²) in [6, 6.07) is 0.139. The van der Waals surface area contributed by atoms with Crippen LogP contribution in [0.2, 0.25) is 0 Å². The molecule has 1 aliphatic carbocycles. The third kappa shape index (κ3) is 2.20. The van der Waals surface area contributed by atoms with Crippen LogP contribution in [-0.2, 0) is 0 Å². The largest absolute Gasteiger partial charge is 0.391 e. The fraction of sp³-hybridized carbons (Fsp3) is 0.600. The summed E-state index contributed by atoms with van der Waals surface area (Å²) in [6.45, 7) is 0. The summed E-state index contributed by atoms with van der Waals surface area (Å²) in [7, 11) is 0. The second-order valence-electron chi connectivity index (χ2n) is 3.69. The molecule has 1 aromatic rings. The van der Waals surface area contributed by atoms with Gasteiger partial charge in [-0.15, -0.1) is 0 Å². The minimum absolute atomic E-state index is 0.139. The summed E-state index contributed by atoms with van der Waals surface area (Å²) in [5.41, 5.74) is 0. The molecule has 0 bridgehead atoms. The van der Waals surface area contributed by atoms with Gasteiger partial charge in [-0.1, -0.05) is 12.8 Å². The molecule has 2 unspecified atom stereocenters. The highest BCUT2D eigenvalue weighted by molar-refractivity contribution is 5.32. The van der Waals surface area contributed by atoms with E-state index in [4.69, 9.17) is 0 Å². The van der Waals surface area contributed by atoms with Gasteiger partial charge >= 0.3 is 0 Å². The Morgan fingerprint density at radius 1 is 1.29 bits per heavy atom. The zero-order chi connectivity index (χ0) is 9.80. The highest BCUT2D eigenvalue weighted by Crippen LogP contribution is 2.20. The maximum Gasteiger partial charge on any atom is 0.144 e. The Balaban J connectivity index is 1.96. The van der Waals surface area contributed by atoms with Gasteiger partial charge in [-0.2, -0.15) is 0 Å². The fourth-order valence-corrected chi connectivity index (χ4v) is 1.84. The lowest BCUT2D eigenvalue weighted by molar-refractivity contribution is 0.116. The topological polar surface area (TPSA) is 58.0 Å². The molecule has 76 valence electrons. The van der Waals surface area contributed by atoms with Crippen molar-refractivity contribution in [3.05, 3.63) is 18.6 Å². The van der Waals surface area contributed by atoms with Crippen LogP contribution in [0.25, 0.3) is 0 Å². The molecule has 2 rings (SSSR count). The number of hydrogen-bond donors (Lipinski definition) is 2. The van der Waals surface area contributed by atoms with Gasteiger partial charge < -0.3 is 10.4 Å². The Morgan fingerprint density at radius 2 is 2.14 bits per heavy atom. The Hall–Kier alpha value is -1.16. The van der Waals surface area contributed by atoms with Crippen molar-refractivity contribution in [1.29, 1.82) is 0 Å². The number of hydrogen-bond acceptors (Lipinski definition) is 4. The Kier molecular flexibility index (Phi) is 2.93. The Bertz CT molecular complexity index is 278. The van der Waals surface area contributed by atoms with Crippen molar-refractivity contribution in [3.8, 4) is 0 Å². The maximum atomic E-state index is 9.72. The van der Waals surface area contributed by atoms with Crippen LogP contribution in [0, 0.1) is 0 Å². The van der Waals surface area contributed by atoms with E-state index in [1.807, 2.05) is 0 Å². The Labute approximate surface area is 83.4 Å². The molecular formula is C10H15N3O. The van der Waals surface area contributed by atoms with Crippen molar-refractivity contribution in [2.45, 2.75) is 37.8 Å². The molecule has 2 atom stereocenters. The third-order valence-corrected chi connectivity index (χ3v) is 2.63. The normalized spacial score (nSPS) is 27.2. The van der Waals surface area contributed by atoms with Gasteiger partial charge in [0.1, 0.15) is 5.82 Å². The molecule has 1 aliphatic rings. The van der Waals surface area contributed by atoms with Gasteiger partial charge in [0.05, 0.1) is 18.3 Å². The molecule has 1 heterocycles. The smallest absolute Gasteiger partial charge is 0.144 e. The minimum Gasteiger partial charge on any atom is -0.391 e. The number of nitrogens with zero attached hydrogens (tertiary/aromatic N) is 2. The van der Waals surface area contributed by atoms with Crippen LogP contribution in [0.5, 0.6) is 0 Å². The summed E-state index contributed by atoms with van der Waals surface area (Å²) in [4.78, 5) is 8.09. The molecule has 0 spiro atoms.